The van der Waals surface area contributed by atoms with Gasteiger partial charge in [-0.15, -0.1) is 0 Å². The maximum absolute atomic E-state index is 9.58. The molecule has 1 aromatic rings. The van der Waals surface area contributed by atoms with Gasteiger partial charge in [0, 0.05) is 24.9 Å². The van der Waals surface area contributed by atoms with Gasteiger partial charge in [0.2, 0.25) is 5.89 Å². The van der Waals surface area contributed by atoms with Crippen molar-refractivity contribution >= 4 is 5.95 Å². The zero-order valence-electron chi connectivity index (χ0n) is 11.5. The Labute approximate surface area is 108 Å². The van der Waals surface area contributed by atoms with Gasteiger partial charge in [0.15, 0.2) is 0 Å². The third-order valence-corrected chi connectivity index (χ3v) is 4.11. The van der Waals surface area contributed by atoms with Crippen LogP contribution in [0.2, 0.25) is 0 Å². The van der Waals surface area contributed by atoms with Crippen molar-refractivity contribution in [3.8, 4) is 0 Å². The Hall–Kier alpha value is -1.10. The summed E-state index contributed by atoms with van der Waals surface area (Å²) in [4.78, 5) is 6.41. The predicted molar refractivity (Wildman–Crippen MR) is 69.6 cm³/mol. The molecule has 1 fully saturated rings. The minimum atomic E-state index is -0.0743. The first kappa shape index (κ1) is 13.3. The van der Waals surface area contributed by atoms with Crippen LogP contribution in [0.3, 0.4) is 0 Å². The van der Waals surface area contributed by atoms with Crippen LogP contribution in [-0.2, 0) is 0 Å². The molecular weight excluding hydrogens is 230 g/mol. The molecule has 0 aliphatic heterocycles. The van der Waals surface area contributed by atoms with Crippen molar-refractivity contribution in [2.75, 3.05) is 25.1 Å². The minimum absolute atomic E-state index is 0.0743. The minimum Gasteiger partial charge on any atom is -0.396 e. The fraction of sp³-hybridized carbons (Fsp3) is 0.846. The number of rotatable bonds is 7. The lowest BCUT2D eigenvalue weighted by Crippen LogP contribution is -2.38. The average Bonchev–Trinajstić information content (AvgIpc) is 3.13. The number of aliphatic hydroxyl groups excluding tert-OH is 1. The highest BCUT2D eigenvalue weighted by Gasteiger charge is 2.32. The predicted octanol–water partition coefficient (Wildman–Crippen LogP) is 2.18. The highest BCUT2D eigenvalue weighted by molar-refractivity contribution is 5.27. The van der Waals surface area contributed by atoms with Crippen LogP contribution in [0.25, 0.3) is 0 Å². The van der Waals surface area contributed by atoms with E-state index in [1.807, 2.05) is 11.9 Å². The van der Waals surface area contributed by atoms with Crippen LogP contribution >= 0.6 is 0 Å². The van der Waals surface area contributed by atoms with Gasteiger partial charge in [0.1, 0.15) is 0 Å². The van der Waals surface area contributed by atoms with Gasteiger partial charge >= 0.3 is 0 Å². The summed E-state index contributed by atoms with van der Waals surface area (Å²) in [5.74, 6) is 1.88. The second-order valence-corrected chi connectivity index (χ2v) is 5.43. The molecule has 18 heavy (non-hydrogen) atoms. The normalized spacial score (nSPS) is 16.0. The molecule has 0 amide bonds. The summed E-state index contributed by atoms with van der Waals surface area (Å²) < 4.78 is 5.26. The van der Waals surface area contributed by atoms with Crippen molar-refractivity contribution in [3.05, 3.63) is 5.89 Å². The molecule has 1 aliphatic carbocycles. The van der Waals surface area contributed by atoms with Gasteiger partial charge in [0.05, 0.1) is 6.61 Å². The molecule has 0 radical (unpaired) electrons. The second kappa shape index (κ2) is 5.26. The third kappa shape index (κ3) is 2.66. The van der Waals surface area contributed by atoms with Crippen LogP contribution < -0.4 is 4.90 Å². The van der Waals surface area contributed by atoms with Crippen molar-refractivity contribution < 1.29 is 9.63 Å². The van der Waals surface area contributed by atoms with E-state index in [-0.39, 0.29) is 12.0 Å². The maximum Gasteiger partial charge on any atom is 0.265 e. The Balaban J connectivity index is 2.02. The number of aromatic nitrogens is 2. The van der Waals surface area contributed by atoms with E-state index in [1.165, 1.54) is 0 Å². The number of hydrogen-bond acceptors (Lipinski definition) is 5. The van der Waals surface area contributed by atoms with Gasteiger partial charge in [-0.25, -0.2) is 0 Å². The van der Waals surface area contributed by atoms with Crippen LogP contribution in [0.1, 0.15) is 51.3 Å². The molecule has 2 rings (SSSR count). The van der Waals surface area contributed by atoms with Crippen molar-refractivity contribution in [3.63, 3.8) is 0 Å². The zero-order valence-corrected chi connectivity index (χ0v) is 11.5. The fourth-order valence-electron chi connectivity index (χ4n) is 2.20. The Bertz CT molecular complexity index is 375. The monoisotopic (exact) mass is 253 g/mol. The summed E-state index contributed by atoms with van der Waals surface area (Å²) in [6, 6.07) is 0. The lowest BCUT2D eigenvalue weighted by atomic mass is 9.83. The summed E-state index contributed by atoms with van der Waals surface area (Å²) in [6.07, 6.45) is 4.21. The fourth-order valence-corrected chi connectivity index (χ4v) is 2.20. The van der Waals surface area contributed by atoms with E-state index in [1.54, 1.807) is 0 Å². The Kier molecular flexibility index (Phi) is 3.90. The largest absolute Gasteiger partial charge is 0.396 e. The molecule has 0 spiro atoms. The van der Waals surface area contributed by atoms with Crippen LogP contribution in [0.4, 0.5) is 5.95 Å². The highest BCUT2D eigenvalue weighted by Crippen LogP contribution is 2.39. The van der Waals surface area contributed by atoms with Crippen molar-refractivity contribution in [1.82, 2.24) is 10.1 Å². The lowest BCUT2D eigenvalue weighted by Gasteiger charge is -2.33. The zero-order chi connectivity index (χ0) is 13.2. The molecule has 0 aromatic carbocycles. The smallest absolute Gasteiger partial charge is 0.265 e. The molecule has 1 heterocycles. The molecule has 1 aromatic heterocycles. The Morgan fingerprint density at radius 1 is 1.39 bits per heavy atom. The summed E-state index contributed by atoms with van der Waals surface area (Å²) in [7, 11) is 1.96. The van der Waals surface area contributed by atoms with Crippen LogP contribution in [-0.4, -0.2) is 35.4 Å². The van der Waals surface area contributed by atoms with Gasteiger partial charge in [0.25, 0.3) is 5.95 Å². The first-order chi connectivity index (χ1) is 8.64. The molecule has 1 aliphatic rings. The number of aliphatic hydroxyl groups is 1. The first-order valence-electron chi connectivity index (χ1n) is 6.79. The molecule has 1 N–H and O–H groups in total. The summed E-state index contributed by atoms with van der Waals surface area (Å²) in [6.45, 7) is 5.16. The van der Waals surface area contributed by atoms with E-state index in [0.717, 1.165) is 38.1 Å². The molecule has 0 saturated heterocycles. The SMILES string of the molecule is CCC(CC)(CO)CN(C)c1noc(C2CC2)n1. The second-order valence-electron chi connectivity index (χ2n) is 5.43. The number of nitrogens with zero attached hydrogens (tertiary/aromatic N) is 3. The van der Waals surface area contributed by atoms with E-state index in [0.29, 0.717) is 11.9 Å². The van der Waals surface area contributed by atoms with Gasteiger partial charge in [-0.3, -0.25) is 0 Å². The van der Waals surface area contributed by atoms with E-state index in [4.69, 9.17) is 4.52 Å². The van der Waals surface area contributed by atoms with Crippen LogP contribution in [0.5, 0.6) is 0 Å². The van der Waals surface area contributed by atoms with E-state index < -0.39 is 0 Å². The molecule has 0 bridgehead atoms. The Morgan fingerprint density at radius 2 is 2.06 bits per heavy atom. The molecule has 102 valence electrons. The molecule has 5 heteroatoms. The van der Waals surface area contributed by atoms with Gasteiger partial charge < -0.3 is 14.5 Å². The molecule has 5 nitrogen and oxygen atoms in total. The standard InChI is InChI=1S/C13H23N3O2/c1-4-13(5-2,9-17)8-16(3)12-14-11(18-15-12)10-6-7-10/h10,17H,4-9H2,1-3H3. The first-order valence-corrected chi connectivity index (χ1v) is 6.79. The van der Waals surface area contributed by atoms with Gasteiger partial charge in [-0.1, -0.05) is 13.8 Å². The van der Waals surface area contributed by atoms with Crippen molar-refractivity contribution in [2.45, 2.75) is 45.4 Å². The van der Waals surface area contributed by atoms with E-state index >= 15 is 0 Å². The van der Waals surface area contributed by atoms with Gasteiger partial charge in [-0.2, -0.15) is 4.98 Å². The van der Waals surface area contributed by atoms with Crippen LogP contribution in [0, 0.1) is 5.41 Å². The summed E-state index contributed by atoms with van der Waals surface area (Å²) >= 11 is 0. The van der Waals surface area contributed by atoms with E-state index in [9.17, 15) is 5.11 Å². The maximum atomic E-state index is 9.58. The van der Waals surface area contributed by atoms with Crippen LogP contribution in [0.15, 0.2) is 4.52 Å². The quantitative estimate of drug-likeness (QED) is 0.807. The van der Waals surface area contributed by atoms with Gasteiger partial charge in [-0.05, 0) is 30.8 Å². The topological polar surface area (TPSA) is 62.4 Å². The number of hydrogen-bond donors (Lipinski definition) is 1. The van der Waals surface area contributed by atoms with Crippen molar-refractivity contribution in [1.29, 1.82) is 0 Å². The lowest BCUT2D eigenvalue weighted by molar-refractivity contribution is 0.121. The summed E-state index contributed by atoms with van der Waals surface area (Å²) in [5.41, 5.74) is -0.0743. The molecular formula is C13H23N3O2. The highest BCUT2D eigenvalue weighted by atomic mass is 16.5. The third-order valence-electron chi connectivity index (χ3n) is 4.11. The van der Waals surface area contributed by atoms with Crippen molar-refractivity contribution in [2.24, 2.45) is 5.41 Å². The summed E-state index contributed by atoms with van der Waals surface area (Å²) in [5, 5.41) is 13.6. The molecule has 0 atom stereocenters. The average molecular weight is 253 g/mol. The molecule has 1 saturated carbocycles. The number of anilines is 1. The van der Waals surface area contributed by atoms with E-state index in [2.05, 4.69) is 24.0 Å². The Morgan fingerprint density at radius 3 is 2.56 bits per heavy atom. The molecule has 0 unspecified atom stereocenters.